The predicted octanol–water partition coefficient (Wildman–Crippen LogP) is 4.55. The van der Waals surface area contributed by atoms with Crippen molar-refractivity contribution in [2.24, 2.45) is 0 Å². The first kappa shape index (κ1) is 18.3. The van der Waals surface area contributed by atoms with E-state index in [1.54, 1.807) is 0 Å². The average molecular weight is 485 g/mol. The molecule has 0 saturated heterocycles. The van der Waals surface area contributed by atoms with E-state index in [1.165, 1.54) is 22.2 Å². The first-order valence-electron chi connectivity index (χ1n) is 7.48. The van der Waals surface area contributed by atoms with Gasteiger partial charge >= 0.3 is 0 Å². The topological polar surface area (TPSA) is 64.0 Å². The Morgan fingerprint density at radius 1 is 1.24 bits per heavy atom. The standard InChI is InChI=1S/C17H15Br2N3O2S/c1-8-4-11(18)15(12(19)5-8)21-13(23)6-22-7-20-16-14(17(22)24)9(2)10(3)25-16/h4-5,7H,6H2,1-3H3,(H,21,23). The van der Waals surface area contributed by atoms with Crippen LogP contribution in [0.1, 0.15) is 16.0 Å². The number of carbonyl (C=O) groups is 1. The number of benzene rings is 1. The molecule has 2 aromatic heterocycles. The van der Waals surface area contributed by atoms with Crippen LogP contribution in [0.4, 0.5) is 5.69 Å². The van der Waals surface area contributed by atoms with E-state index in [-0.39, 0.29) is 18.0 Å². The maximum absolute atomic E-state index is 12.7. The molecule has 0 saturated carbocycles. The van der Waals surface area contributed by atoms with Gasteiger partial charge in [0, 0.05) is 13.8 Å². The van der Waals surface area contributed by atoms with Crippen LogP contribution >= 0.6 is 43.2 Å². The van der Waals surface area contributed by atoms with Gasteiger partial charge in [0.1, 0.15) is 11.4 Å². The Labute approximate surface area is 165 Å². The zero-order valence-electron chi connectivity index (χ0n) is 13.8. The third-order valence-electron chi connectivity index (χ3n) is 3.92. The number of hydrogen-bond acceptors (Lipinski definition) is 4. The summed E-state index contributed by atoms with van der Waals surface area (Å²) >= 11 is 8.38. The van der Waals surface area contributed by atoms with E-state index in [1.807, 2.05) is 32.9 Å². The number of thiophene rings is 1. The lowest BCUT2D eigenvalue weighted by Gasteiger charge is -2.11. The highest BCUT2D eigenvalue weighted by Crippen LogP contribution is 2.32. The normalized spacial score (nSPS) is 11.1. The number of rotatable bonds is 3. The van der Waals surface area contributed by atoms with Crippen LogP contribution in [0.25, 0.3) is 10.2 Å². The minimum absolute atomic E-state index is 0.0944. The molecule has 0 unspecified atom stereocenters. The fraction of sp³-hybridized carbons (Fsp3) is 0.235. The number of fused-ring (bicyclic) bond motifs is 1. The molecule has 0 fully saturated rings. The third-order valence-corrected chi connectivity index (χ3v) is 6.29. The number of nitrogens with one attached hydrogen (secondary N) is 1. The Bertz CT molecular complexity index is 1030. The first-order chi connectivity index (χ1) is 11.8. The molecule has 8 heteroatoms. The van der Waals surface area contributed by atoms with Crippen LogP contribution in [0, 0.1) is 20.8 Å². The van der Waals surface area contributed by atoms with Crippen molar-refractivity contribution in [3.8, 4) is 0 Å². The van der Waals surface area contributed by atoms with E-state index in [2.05, 4.69) is 42.2 Å². The summed E-state index contributed by atoms with van der Waals surface area (Å²) in [6.07, 6.45) is 1.43. The Kier molecular flexibility index (Phi) is 5.13. The highest BCUT2D eigenvalue weighted by atomic mass is 79.9. The maximum Gasteiger partial charge on any atom is 0.262 e. The van der Waals surface area contributed by atoms with Crippen LogP contribution in [0.5, 0.6) is 0 Å². The molecule has 0 radical (unpaired) electrons. The van der Waals surface area contributed by atoms with Crippen molar-refractivity contribution in [3.63, 3.8) is 0 Å². The molecule has 0 aliphatic heterocycles. The summed E-state index contributed by atoms with van der Waals surface area (Å²) in [6.45, 7) is 5.74. The molecule has 0 spiro atoms. The van der Waals surface area contributed by atoms with E-state index in [9.17, 15) is 9.59 Å². The van der Waals surface area contributed by atoms with E-state index in [4.69, 9.17) is 0 Å². The van der Waals surface area contributed by atoms with Crippen LogP contribution in [-0.4, -0.2) is 15.5 Å². The molecular formula is C17H15Br2N3O2S. The SMILES string of the molecule is Cc1cc(Br)c(NC(=O)Cn2cnc3sc(C)c(C)c3c2=O)c(Br)c1. The van der Waals surface area contributed by atoms with Gasteiger partial charge in [0.15, 0.2) is 0 Å². The molecule has 1 amide bonds. The monoisotopic (exact) mass is 483 g/mol. The lowest BCUT2D eigenvalue weighted by Crippen LogP contribution is -2.28. The quantitative estimate of drug-likeness (QED) is 0.593. The van der Waals surface area contributed by atoms with Crippen molar-refractivity contribution in [1.29, 1.82) is 0 Å². The second-order valence-corrected chi connectivity index (χ2v) is 8.70. The molecule has 0 aliphatic rings. The maximum atomic E-state index is 12.7. The van der Waals surface area contributed by atoms with E-state index in [0.717, 1.165) is 24.9 Å². The number of amides is 1. The molecular weight excluding hydrogens is 470 g/mol. The van der Waals surface area contributed by atoms with Crippen molar-refractivity contribution in [2.75, 3.05) is 5.32 Å². The van der Waals surface area contributed by atoms with Crippen molar-refractivity contribution in [3.05, 3.63) is 53.8 Å². The number of hydrogen-bond donors (Lipinski definition) is 1. The fourth-order valence-electron chi connectivity index (χ4n) is 2.54. The number of anilines is 1. The van der Waals surface area contributed by atoms with Crippen LogP contribution in [-0.2, 0) is 11.3 Å². The van der Waals surface area contributed by atoms with Gasteiger partial charge in [-0.2, -0.15) is 0 Å². The van der Waals surface area contributed by atoms with Gasteiger partial charge in [-0.05, 0) is 75.9 Å². The molecule has 130 valence electrons. The Hall–Kier alpha value is -1.51. The molecule has 0 bridgehead atoms. The van der Waals surface area contributed by atoms with Gasteiger partial charge in [0.2, 0.25) is 5.91 Å². The number of halogens is 2. The van der Waals surface area contributed by atoms with Crippen molar-refractivity contribution in [2.45, 2.75) is 27.3 Å². The summed E-state index contributed by atoms with van der Waals surface area (Å²) < 4.78 is 2.89. The van der Waals surface area contributed by atoms with E-state index >= 15 is 0 Å². The van der Waals surface area contributed by atoms with Gasteiger partial charge in [-0.3, -0.25) is 14.2 Å². The van der Waals surface area contributed by atoms with Gasteiger partial charge in [0.25, 0.3) is 5.56 Å². The second kappa shape index (κ2) is 7.01. The summed E-state index contributed by atoms with van der Waals surface area (Å²) in [5.41, 5.74) is 2.44. The molecule has 0 aliphatic carbocycles. The second-order valence-electron chi connectivity index (χ2n) is 5.79. The molecule has 1 aromatic carbocycles. The summed E-state index contributed by atoms with van der Waals surface area (Å²) in [6, 6.07) is 3.83. The molecule has 5 nitrogen and oxygen atoms in total. The Balaban J connectivity index is 1.89. The molecule has 1 N–H and O–H groups in total. The Morgan fingerprint density at radius 2 is 1.88 bits per heavy atom. The van der Waals surface area contributed by atoms with Crippen LogP contribution in [0.15, 0.2) is 32.2 Å². The molecule has 0 atom stereocenters. The third kappa shape index (κ3) is 3.56. The highest BCUT2D eigenvalue weighted by molar-refractivity contribution is 9.11. The summed E-state index contributed by atoms with van der Waals surface area (Å²) in [5, 5.41) is 3.42. The smallest absolute Gasteiger partial charge is 0.262 e. The van der Waals surface area contributed by atoms with Gasteiger partial charge in [-0.1, -0.05) is 0 Å². The number of nitrogens with zero attached hydrogens (tertiary/aromatic N) is 2. The first-order valence-corrected chi connectivity index (χ1v) is 9.89. The fourth-order valence-corrected chi connectivity index (χ4v) is 5.14. The highest BCUT2D eigenvalue weighted by Gasteiger charge is 2.15. The van der Waals surface area contributed by atoms with Crippen molar-refractivity contribution in [1.82, 2.24) is 9.55 Å². The molecule has 2 heterocycles. The number of aryl methyl sites for hydroxylation is 3. The average Bonchev–Trinajstić information content (AvgIpc) is 2.81. The summed E-state index contributed by atoms with van der Waals surface area (Å²) in [4.78, 5) is 31.2. The van der Waals surface area contributed by atoms with Crippen molar-refractivity contribution < 1.29 is 4.79 Å². The van der Waals surface area contributed by atoms with Crippen LogP contribution < -0.4 is 10.9 Å². The minimum Gasteiger partial charge on any atom is -0.323 e. The van der Waals surface area contributed by atoms with Gasteiger partial charge in [-0.25, -0.2) is 4.98 Å². The zero-order valence-corrected chi connectivity index (χ0v) is 17.8. The van der Waals surface area contributed by atoms with Crippen LogP contribution in [0.3, 0.4) is 0 Å². The largest absolute Gasteiger partial charge is 0.323 e. The lowest BCUT2D eigenvalue weighted by molar-refractivity contribution is -0.116. The van der Waals surface area contributed by atoms with Gasteiger partial charge < -0.3 is 5.32 Å². The van der Waals surface area contributed by atoms with E-state index in [0.29, 0.717) is 15.9 Å². The van der Waals surface area contributed by atoms with Crippen molar-refractivity contribution >= 4 is 65.0 Å². The van der Waals surface area contributed by atoms with Gasteiger partial charge in [0.05, 0.1) is 17.4 Å². The molecule has 3 aromatic rings. The lowest BCUT2D eigenvalue weighted by atomic mass is 10.2. The van der Waals surface area contributed by atoms with E-state index < -0.39 is 0 Å². The summed E-state index contributed by atoms with van der Waals surface area (Å²) in [7, 11) is 0. The van der Waals surface area contributed by atoms with Crippen LogP contribution in [0.2, 0.25) is 0 Å². The number of carbonyl (C=O) groups excluding carboxylic acids is 1. The minimum atomic E-state index is -0.293. The Morgan fingerprint density at radius 3 is 2.52 bits per heavy atom. The zero-order chi connectivity index (χ0) is 18.3. The molecule has 3 rings (SSSR count). The number of aromatic nitrogens is 2. The summed E-state index contributed by atoms with van der Waals surface area (Å²) in [5.74, 6) is -0.293. The van der Waals surface area contributed by atoms with Gasteiger partial charge in [-0.15, -0.1) is 11.3 Å². The molecule has 25 heavy (non-hydrogen) atoms. The predicted molar refractivity (Wildman–Crippen MR) is 109 cm³/mol.